The molecule has 3 heteroatoms. The summed E-state index contributed by atoms with van der Waals surface area (Å²) >= 11 is 0. The van der Waals surface area contributed by atoms with Gasteiger partial charge in [0.2, 0.25) is 0 Å². The molecule has 0 aliphatic rings. The van der Waals surface area contributed by atoms with Crippen LogP contribution in [0.4, 0.5) is 5.69 Å². The number of nitrogen functional groups attached to an aromatic ring is 1. The fraction of sp³-hybridized carbons (Fsp3) is 0.100. The Hall–Kier alpha value is -2.94. The minimum Gasteiger partial charge on any atom is -0.508 e. The Morgan fingerprint density at radius 1 is 0.652 bits per heavy atom. The molecule has 23 heavy (non-hydrogen) atoms. The van der Waals surface area contributed by atoms with Gasteiger partial charge in [-0.3, -0.25) is 0 Å². The second-order valence-electron chi connectivity index (χ2n) is 5.67. The molecule has 0 aromatic heterocycles. The van der Waals surface area contributed by atoms with E-state index in [1.165, 1.54) is 5.56 Å². The summed E-state index contributed by atoms with van der Waals surface area (Å²) in [7, 11) is 0. The Morgan fingerprint density at radius 3 is 1.74 bits per heavy atom. The average molecular weight is 305 g/mol. The predicted molar refractivity (Wildman–Crippen MR) is 92.7 cm³/mol. The SMILES string of the molecule is Nc1cccc(Cc2ccc(O)cc2)c1Cc1ccc(O)cc1. The highest BCUT2D eigenvalue weighted by atomic mass is 16.3. The first-order chi connectivity index (χ1) is 11.1. The van der Waals surface area contributed by atoms with E-state index in [2.05, 4.69) is 6.07 Å². The van der Waals surface area contributed by atoms with Gasteiger partial charge in [0.05, 0.1) is 0 Å². The highest BCUT2D eigenvalue weighted by molar-refractivity contribution is 5.54. The quantitative estimate of drug-likeness (QED) is 0.641. The van der Waals surface area contributed by atoms with Gasteiger partial charge in [-0.2, -0.15) is 0 Å². The summed E-state index contributed by atoms with van der Waals surface area (Å²) in [6.45, 7) is 0. The summed E-state index contributed by atoms with van der Waals surface area (Å²) in [6, 6.07) is 20.4. The lowest BCUT2D eigenvalue weighted by molar-refractivity contribution is 0.474. The van der Waals surface area contributed by atoms with Crippen molar-refractivity contribution in [3.63, 3.8) is 0 Å². The van der Waals surface area contributed by atoms with Gasteiger partial charge in [-0.1, -0.05) is 36.4 Å². The summed E-state index contributed by atoms with van der Waals surface area (Å²) < 4.78 is 0. The number of rotatable bonds is 4. The Balaban J connectivity index is 1.90. The largest absolute Gasteiger partial charge is 0.508 e. The molecular weight excluding hydrogens is 286 g/mol. The molecule has 0 amide bonds. The normalized spacial score (nSPS) is 10.6. The van der Waals surface area contributed by atoms with Crippen molar-refractivity contribution < 1.29 is 10.2 Å². The first-order valence-corrected chi connectivity index (χ1v) is 7.54. The third-order valence-corrected chi connectivity index (χ3v) is 3.96. The van der Waals surface area contributed by atoms with E-state index in [1.807, 2.05) is 36.4 Å². The molecule has 0 spiro atoms. The lowest BCUT2D eigenvalue weighted by Crippen LogP contribution is -2.02. The Morgan fingerprint density at radius 2 is 1.17 bits per heavy atom. The molecule has 0 fully saturated rings. The Bertz CT molecular complexity index is 793. The molecule has 0 aliphatic carbocycles. The number of phenols is 2. The number of hydrogen-bond donors (Lipinski definition) is 3. The van der Waals surface area contributed by atoms with Crippen molar-refractivity contribution in [2.24, 2.45) is 0 Å². The predicted octanol–water partition coefficient (Wildman–Crippen LogP) is 3.86. The van der Waals surface area contributed by atoms with Crippen molar-refractivity contribution in [1.82, 2.24) is 0 Å². The first kappa shape index (κ1) is 15.0. The standard InChI is InChI=1S/C20H19NO2/c21-20-3-1-2-16(12-14-4-8-17(22)9-5-14)19(20)13-15-6-10-18(23)11-7-15/h1-11,22-23H,12-13,21H2. The highest BCUT2D eigenvalue weighted by Crippen LogP contribution is 2.25. The Kier molecular flexibility index (Phi) is 4.20. The molecule has 0 saturated heterocycles. The van der Waals surface area contributed by atoms with Gasteiger partial charge in [-0.25, -0.2) is 0 Å². The van der Waals surface area contributed by atoms with Crippen LogP contribution in [0.15, 0.2) is 66.7 Å². The van der Waals surface area contributed by atoms with E-state index < -0.39 is 0 Å². The maximum Gasteiger partial charge on any atom is 0.115 e. The smallest absolute Gasteiger partial charge is 0.115 e. The molecule has 0 atom stereocenters. The number of benzene rings is 3. The van der Waals surface area contributed by atoms with Crippen LogP contribution in [-0.2, 0) is 12.8 Å². The van der Waals surface area contributed by atoms with Crippen LogP contribution >= 0.6 is 0 Å². The van der Waals surface area contributed by atoms with Gasteiger partial charge in [0.1, 0.15) is 11.5 Å². The third-order valence-electron chi connectivity index (χ3n) is 3.96. The fourth-order valence-electron chi connectivity index (χ4n) is 2.69. The molecule has 0 radical (unpaired) electrons. The van der Waals surface area contributed by atoms with Crippen LogP contribution in [0.3, 0.4) is 0 Å². The zero-order valence-electron chi connectivity index (χ0n) is 12.7. The summed E-state index contributed by atoms with van der Waals surface area (Å²) in [6.07, 6.45) is 1.49. The second kappa shape index (κ2) is 6.44. The van der Waals surface area contributed by atoms with Crippen molar-refractivity contribution in [3.05, 3.63) is 89.0 Å². The minimum absolute atomic E-state index is 0.263. The van der Waals surface area contributed by atoms with Crippen LogP contribution in [0.1, 0.15) is 22.3 Å². The van der Waals surface area contributed by atoms with Crippen molar-refractivity contribution in [2.45, 2.75) is 12.8 Å². The van der Waals surface area contributed by atoms with E-state index in [0.717, 1.165) is 35.2 Å². The van der Waals surface area contributed by atoms with Gasteiger partial charge in [0, 0.05) is 5.69 Å². The number of phenolic OH excluding ortho intramolecular Hbond substituents is 2. The molecule has 3 rings (SSSR count). The van der Waals surface area contributed by atoms with Crippen molar-refractivity contribution >= 4 is 5.69 Å². The molecule has 116 valence electrons. The number of aromatic hydroxyl groups is 2. The minimum atomic E-state index is 0.263. The second-order valence-corrected chi connectivity index (χ2v) is 5.67. The molecular formula is C20H19NO2. The number of hydrogen-bond acceptors (Lipinski definition) is 3. The summed E-state index contributed by atoms with van der Waals surface area (Å²) in [5.74, 6) is 0.532. The van der Waals surface area contributed by atoms with Crippen LogP contribution < -0.4 is 5.73 Å². The molecule has 0 saturated carbocycles. The van der Waals surface area contributed by atoms with Crippen LogP contribution in [0.5, 0.6) is 11.5 Å². The Labute approximate surface area is 135 Å². The van der Waals surface area contributed by atoms with E-state index >= 15 is 0 Å². The summed E-state index contributed by atoms with van der Waals surface area (Å²) in [5.41, 5.74) is 11.5. The molecule has 0 bridgehead atoms. The summed E-state index contributed by atoms with van der Waals surface area (Å²) in [5, 5.41) is 18.8. The molecule has 0 aliphatic heterocycles. The van der Waals surface area contributed by atoms with Crippen LogP contribution in [-0.4, -0.2) is 10.2 Å². The molecule has 3 aromatic rings. The van der Waals surface area contributed by atoms with Gasteiger partial charge < -0.3 is 15.9 Å². The molecule has 4 N–H and O–H groups in total. The van der Waals surface area contributed by atoms with Gasteiger partial charge in [0.15, 0.2) is 0 Å². The number of anilines is 1. The van der Waals surface area contributed by atoms with Crippen LogP contribution in [0.2, 0.25) is 0 Å². The van der Waals surface area contributed by atoms with Gasteiger partial charge >= 0.3 is 0 Å². The zero-order valence-corrected chi connectivity index (χ0v) is 12.7. The highest BCUT2D eigenvalue weighted by Gasteiger charge is 2.08. The molecule has 3 nitrogen and oxygen atoms in total. The van der Waals surface area contributed by atoms with E-state index in [9.17, 15) is 10.2 Å². The topological polar surface area (TPSA) is 66.5 Å². The molecule has 0 heterocycles. The first-order valence-electron chi connectivity index (χ1n) is 7.54. The van der Waals surface area contributed by atoms with Crippen molar-refractivity contribution in [3.8, 4) is 11.5 Å². The third kappa shape index (κ3) is 3.64. The number of nitrogens with two attached hydrogens (primary N) is 1. The maximum atomic E-state index is 9.40. The van der Waals surface area contributed by atoms with E-state index in [-0.39, 0.29) is 11.5 Å². The monoisotopic (exact) mass is 305 g/mol. The van der Waals surface area contributed by atoms with E-state index in [4.69, 9.17) is 5.73 Å². The fourth-order valence-corrected chi connectivity index (χ4v) is 2.69. The summed E-state index contributed by atoms with van der Waals surface area (Å²) in [4.78, 5) is 0. The maximum absolute atomic E-state index is 9.40. The van der Waals surface area contributed by atoms with Crippen molar-refractivity contribution in [1.29, 1.82) is 0 Å². The van der Waals surface area contributed by atoms with Gasteiger partial charge in [0.25, 0.3) is 0 Å². The van der Waals surface area contributed by atoms with Crippen LogP contribution in [0.25, 0.3) is 0 Å². The lowest BCUT2D eigenvalue weighted by atomic mass is 9.94. The zero-order chi connectivity index (χ0) is 16.2. The molecule has 3 aromatic carbocycles. The van der Waals surface area contributed by atoms with Crippen LogP contribution in [0, 0.1) is 0 Å². The lowest BCUT2D eigenvalue weighted by Gasteiger charge is -2.13. The molecule has 0 unspecified atom stereocenters. The average Bonchev–Trinajstić information content (AvgIpc) is 2.55. The van der Waals surface area contributed by atoms with Gasteiger partial charge in [-0.15, -0.1) is 0 Å². The van der Waals surface area contributed by atoms with Crippen molar-refractivity contribution in [2.75, 3.05) is 5.73 Å². The van der Waals surface area contributed by atoms with E-state index in [0.29, 0.717) is 0 Å². The van der Waals surface area contributed by atoms with Gasteiger partial charge in [-0.05, 0) is 65.4 Å². The van der Waals surface area contributed by atoms with E-state index in [1.54, 1.807) is 24.3 Å².